The highest BCUT2D eigenvalue weighted by molar-refractivity contribution is 5.96. The fourth-order valence-corrected chi connectivity index (χ4v) is 3.14. The number of aliphatic hydroxyl groups excluding tert-OH is 1. The molecule has 0 bridgehead atoms. The number of hydrogen-bond acceptors (Lipinski definition) is 6. The Balaban J connectivity index is 2.10. The second-order valence-electron chi connectivity index (χ2n) is 7.50. The van der Waals surface area contributed by atoms with Gasteiger partial charge >= 0.3 is 0 Å². The maximum Gasteiger partial charge on any atom is 0.251 e. The van der Waals surface area contributed by atoms with Crippen LogP contribution < -0.4 is 5.32 Å². The summed E-state index contributed by atoms with van der Waals surface area (Å²) in [6.07, 6.45) is 0. The molecule has 0 aliphatic rings. The molecule has 158 valence electrons. The Hall–Kier alpha value is -3.10. The summed E-state index contributed by atoms with van der Waals surface area (Å²) in [6, 6.07) is 13.3. The lowest BCUT2D eigenvalue weighted by Crippen LogP contribution is -2.35. The summed E-state index contributed by atoms with van der Waals surface area (Å²) >= 11 is 0. The van der Waals surface area contributed by atoms with Crippen molar-refractivity contribution < 1.29 is 14.6 Å². The van der Waals surface area contributed by atoms with E-state index in [9.17, 15) is 9.90 Å². The zero-order valence-corrected chi connectivity index (χ0v) is 17.7. The number of rotatable bonds is 8. The maximum atomic E-state index is 12.8. The summed E-state index contributed by atoms with van der Waals surface area (Å²) in [4.78, 5) is 12.8. The van der Waals surface area contributed by atoms with Crippen LogP contribution in [0, 0.1) is 6.92 Å². The number of methoxy groups -OCH3 is 1. The average molecular weight is 409 g/mol. The van der Waals surface area contributed by atoms with E-state index in [1.54, 1.807) is 24.8 Å². The SMILES string of the molecule is COC[C@H](C)c1nnnn1-c1cc(C(=O)N[C@@H](C)CO)cc(-c2ccc(C)cc2)c1. The normalized spacial score (nSPS) is 13.1. The molecule has 0 unspecified atom stereocenters. The number of benzene rings is 2. The van der Waals surface area contributed by atoms with Crippen molar-refractivity contribution in [1.29, 1.82) is 0 Å². The van der Waals surface area contributed by atoms with Crippen molar-refractivity contribution in [2.45, 2.75) is 32.7 Å². The fourth-order valence-electron chi connectivity index (χ4n) is 3.14. The molecule has 0 spiro atoms. The van der Waals surface area contributed by atoms with E-state index in [1.807, 2.05) is 50.2 Å². The lowest BCUT2D eigenvalue weighted by atomic mass is 10.00. The summed E-state index contributed by atoms with van der Waals surface area (Å²) < 4.78 is 6.88. The van der Waals surface area contributed by atoms with Crippen LogP contribution in [0.4, 0.5) is 0 Å². The van der Waals surface area contributed by atoms with E-state index in [0.29, 0.717) is 23.7 Å². The van der Waals surface area contributed by atoms with E-state index in [2.05, 4.69) is 20.8 Å². The largest absolute Gasteiger partial charge is 0.394 e. The molecule has 0 fully saturated rings. The van der Waals surface area contributed by atoms with Gasteiger partial charge in [-0.1, -0.05) is 36.8 Å². The third-order valence-electron chi connectivity index (χ3n) is 4.81. The number of ether oxygens (including phenoxy) is 1. The second-order valence-corrected chi connectivity index (χ2v) is 7.50. The Labute approximate surface area is 175 Å². The number of nitrogens with one attached hydrogen (secondary N) is 1. The minimum atomic E-state index is -0.352. The molecule has 2 aromatic carbocycles. The van der Waals surface area contributed by atoms with Crippen molar-refractivity contribution in [1.82, 2.24) is 25.5 Å². The van der Waals surface area contributed by atoms with Gasteiger partial charge in [0, 0.05) is 24.6 Å². The number of aromatic nitrogens is 4. The quantitative estimate of drug-likeness (QED) is 0.593. The Kier molecular flexibility index (Phi) is 6.91. The molecule has 2 atom stereocenters. The molecule has 1 amide bonds. The van der Waals surface area contributed by atoms with Crippen LogP contribution in [0.2, 0.25) is 0 Å². The lowest BCUT2D eigenvalue weighted by Gasteiger charge is -2.15. The minimum absolute atomic E-state index is 0.0280. The van der Waals surface area contributed by atoms with Gasteiger partial charge in [-0.2, -0.15) is 4.68 Å². The average Bonchev–Trinajstić information content (AvgIpc) is 3.24. The van der Waals surface area contributed by atoms with Gasteiger partial charge in [-0.05, 0) is 53.6 Å². The standard InChI is InChI=1S/C22H27N5O3/c1-14-5-7-17(8-6-14)18-9-19(22(29)23-16(3)12-28)11-20(10-18)27-21(24-25-26-27)15(2)13-30-4/h5-11,15-16,28H,12-13H2,1-4H3,(H,23,29)/t15-,16-/m0/s1. The smallest absolute Gasteiger partial charge is 0.251 e. The van der Waals surface area contributed by atoms with Crippen LogP contribution >= 0.6 is 0 Å². The molecule has 1 heterocycles. The van der Waals surface area contributed by atoms with Gasteiger partial charge in [0.15, 0.2) is 5.82 Å². The van der Waals surface area contributed by atoms with Crippen LogP contribution in [-0.2, 0) is 4.74 Å². The number of nitrogens with zero attached hydrogens (tertiary/aromatic N) is 4. The van der Waals surface area contributed by atoms with Gasteiger partial charge in [0.2, 0.25) is 0 Å². The molecule has 0 aliphatic carbocycles. The van der Waals surface area contributed by atoms with E-state index >= 15 is 0 Å². The second kappa shape index (κ2) is 9.60. The van der Waals surface area contributed by atoms with Gasteiger partial charge in [-0.3, -0.25) is 4.79 Å². The first-order valence-corrected chi connectivity index (χ1v) is 9.84. The number of hydrogen-bond donors (Lipinski definition) is 2. The number of aliphatic hydroxyl groups is 1. The zero-order chi connectivity index (χ0) is 21.7. The predicted molar refractivity (Wildman–Crippen MR) is 114 cm³/mol. The maximum absolute atomic E-state index is 12.8. The number of carbonyl (C=O) groups is 1. The number of amides is 1. The number of tetrazole rings is 1. The topological polar surface area (TPSA) is 102 Å². The van der Waals surface area contributed by atoms with E-state index in [4.69, 9.17) is 4.74 Å². The first-order valence-electron chi connectivity index (χ1n) is 9.84. The van der Waals surface area contributed by atoms with Gasteiger partial charge in [0.25, 0.3) is 5.91 Å². The highest BCUT2D eigenvalue weighted by Gasteiger charge is 2.19. The molecule has 0 saturated heterocycles. The molecule has 30 heavy (non-hydrogen) atoms. The Morgan fingerprint density at radius 3 is 2.57 bits per heavy atom. The molecule has 3 rings (SSSR count). The zero-order valence-electron chi connectivity index (χ0n) is 17.7. The van der Waals surface area contributed by atoms with Gasteiger partial charge in [-0.25, -0.2) is 0 Å². The van der Waals surface area contributed by atoms with Crippen molar-refractivity contribution in [2.24, 2.45) is 0 Å². The van der Waals surface area contributed by atoms with Crippen molar-refractivity contribution in [3.8, 4) is 16.8 Å². The summed E-state index contributed by atoms with van der Waals surface area (Å²) in [5, 5.41) is 24.2. The van der Waals surface area contributed by atoms with E-state index in [0.717, 1.165) is 16.7 Å². The first kappa shape index (κ1) is 21.6. The van der Waals surface area contributed by atoms with Crippen molar-refractivity contribution in [3.05, 3.63) is 59.4 Å². The minimum Gasteiger partial charge on any atom is -0.394 e. The predicted octanol–water partition coefficient (Wildman–Crippen LogP) is 2.50. The van der Waals surface area contributed by atoms with E-state index in [-0.39, 0.29) is 24.5 Å². The van der Waals surface area contributed by atoms with Crippen molar-refractivity contribution >= 4 is 5.91 Å². The first-order chi connectivity index (χ1) is 14.4. The molecule has 0 aliphatic heterocycles. The lowest BCUT2D eigenvalue weighted by molar-refractivity contribution is 0.0922. The van der Waals surface area contributed by atoms with Crippen LogP contribution in [0.25, 0.3) is 16.8 Å². The van der Waals surface area contributed by atoms with Crippen LogP contribution in [0.3, 0.4) is 0 Å². The third-order valence-corrected chi connectivity index (χ3v) is 4.81. The highest BCUT2D eigenvalue weighted by Crippen LogP contribution is 2.26. The highest BCUT2D eigenvalue weighted by atomic mass is 16.5. The number of carbonyl (C=O) groups excluding carboxylic acids is 1. The van der Waals surface area contributed by atoms with E-state index in [1.165, 1.54) is 0 Å². The molecule has 8 heteroatoms. The Morgan fingerprint density at radius 1 is 1.17 bits per heavy atom. The summed E-state index contributed by atoms with van der Waals surface area (Å²) in [5.74, 6) is 0.346. The van der Waals surface area contributed by atoms with Gasteiger partial charge in [0.05, 0.1) is 18.9 Å². The van der Waals surface area contributed by atoms with E-state index < -0.39 is 0 Å². The molecule has 1 aromatic heterocycles. The summed E-state index contributed by atoms with van der Waals surface area (Å²) in [7, 11) is 1.63. The van der Waals surface area contributed by atoms with Crippen molar-refractivity contribution in [3.63, 3.8) is 0 Å². The summed E-state index contributed by atoms with van der Waals surface area (Å²) in [6.45, 7) is 6.09. The molecule has 8 nitrogen and oxygen atoms in total. The monoisotopic (exact) mass is 409 g/mol. The Morgan fingerprint density at radius 2 is 1.90 bits per heavy atom. The van der Waals surface area contributed by atoms with Gasteiger partial charge in [0.1, 0.15) is 0 Å². The van der Waals surface area contributed by atoms with Gasteiger partial charge in [-0.15, -0.1) is 5.10 Å². The molecule has 3 aromatic rings. The Bertz CT molecular complexity index is 1000. The van der Waals surface area contributed by atoms with Crippen LogP contribution in [0.15, 0.2) is 42.5 Å². The van der Waals surface area contributed by atoms with Gasteiger partial charge < -0.3 is 15.2 Å². The molecule has 0 radical (unpaired) electrons. The summed E-state index contributed by atoms with van der Waals surface area (Å²) in [5.41, 5.74) is 4.14. The molecular weight excluding hydrogens is 382 g/mol. The van der Waals surface area contributed by atoms with Crippen molar-refractivity contribution in [2.75, 3.05) is 20.3 Å². The third kappa shape index (κ3) is 4.90. The molecule has 0 saturated carbocycles. The number of aryl methyl sites for hydroxylation is 1. The van der Waals surface area contributed by atoms with Crippen LogP contribution in [0.1, 0.15) is 41.5 Å². The fraction of sp³-hybridized carbons (Fsp3) is 0.364. The molecular formula is C22H27N5O3. The van der Waals surface area contributed by atoms with Crippen LogP contribution in [-0.4, -0.2) is 57.6 Å². The molecule has 2 N–H and O–H groups in total. The van der Waals surface area contributed by atoms with Crippen LogP contribution in [0.5, 0.6) is 0 Å².